The van der Waals surface area contributed by atoms with Crippen LogP contribution >= 0.6 is 0 Å². The molecule has 0 N–H and O–H groups in total. The maximum absolute atomic E-state index is 9.68. The van der Waals surface area contributed by atoms with Crippen molar-refractivity contribution in [3.63, 3.8) is 0 Å². The third-order valence-electron chi connectivity index (χ3n) is 5.78. The summed E-state index contributed by atoms with van der Waals surface area (Å²) in [6.45, 7) is 3.97. The van der Waals surface area contributed by atoms with E-state index in [0.717, 1.165) is 76.1 Å². The summed E-state index contributed by atoms with van der Waals surface area (Å²) in [6, 6.07) is 10.8. The van der Waals surface area contributed by atoms with E-state index in [1.54, 1.807) is 7.11 Å². The Morgan fingerprint density at radius 3 is 2.60 bits per heavy atom. The van der Waals surface area contributed by atoms with Crippen LogP contribution in [0.1, 0.15) is 50.5 Å². The summed E-state index contributed by atoms with van der Waals surface area (Å²) in [6.07, 6.45) is 8.12. The van der Waals surface area contributed by atoms with E-state index in [4.69, 9.17) is 9.47 Å². The topological polar surface area (TPSA) is 45.5 Å². The Morgan fingerprint density at radius 1 is 1.20 bits per heavy atom. The summed E-state index contributed by atoms with van der Waals surface area (Å²) in [4.78, 5) is 2.44. The van der Waals surface area contributed by atoms with Gasteiger partial charge in [-0.25, -0.2) is 0 Å². The van der Waals surface area contributed by atoms with Crippen LogP contribution in [-0.4, -0.2) is 44.4 Å². The van der Waals surface area contributed by atoms with E-state index in [-0.39, 0.29) is 5.41 Å². The first-order chi connectivity index (χ1) is 12.3. The molecule has 0 unspecified atom stereocenters. The predicted molar refractivity (Wildman–Crippen MR) is 98.8 cm³/mol. The minimum atomic E-state index is -0.273. The molecule has 1 atom stereocenters. The summed E-state index contributed by atoms with van der Waals surface area (Å²) in [7, 11) is 1.80. The van der Waals surface area contributed by atoms with Crippen LogP contribution in [0, 0.1) is 11.3 Å². The molecular weight excluding hydrogens is 312 g/mol. The normalized spacial score (nSPS) is 23.3. The minimum absolute atomic E-state index is 0.273. The third kappa shape index (κ3) is 4.54. The highest BCUT2D eigenvalue weighted by Crippen LogP contribution is 2.39. The standard InChI is InChI=1S/C21H30N2O2/c1-24-20-10-14-23(16-20)13-5-15-25-19-8-6-18(7-9-19)21(17-22)11-3-2-4-12-21/h6-9,20H,2-5,10-16H2,1H3/t20-/m0/s1. The molecule has 136 valence electrons. The van der Waals surface area contributed by atoms with Gasteiger partial charge in [0.05, 0.1) is 24.2 Å². The summed E-state index contributed by atoms with van der Waals surface area (Å²) in [5, 5.41) is 9.68. The molecule has 2 fully saturated rings. The molecule has 0 spiro atoms. The van der Waals surface area contributed by atoms with Gasteiger partial charge in [0.2, 0.25) is 0 Å². The maximum atomic E-state index is 9.68. The number of nitrogens with zero attached hydrogens (tertiary/aromatic N) is 2. The lowest BCUT2D eigenvalue weighted by Crippen LogP contribution is -2.27. The van der Waals surface area contributed by atoms with Crippen molar-refractivity contribution >= 4 is 0 Å². The van der Waals surface area contributed by atoms with Gasteiger partial charge in [-0.05, 0) is 43.4 Å². The molecule has 1 aromatic rings. The van der Waals surface area contributed by atoms with Crippen molar-refractivity contribution in [2.24, 2.45) is 0 Å². The van der Waals surface area contributed by atoms with Crippen LogP contribution in [0.25, 0.3) is 0 Å². The first-order valence-corrected chi connectivity index (χ1v) is 9.65. The number of nitriles is 1. The van der Waals surface area contributed by atoms with Crippen molar-refractivity contribution in [1.82, 2.24) is 4.90 Å². The van der Waals surface area contributed by atoms with Gasteiger partial charge < -0.3 is 14.4 Å². The third-order valence-corrected chi connectivity index (χ3v) is 5.78. The zero-order valence-electron chi connectivity index (χ0n) is 15.4. The fourth-order valence-electron chi connectivity index (χ4n) is 4.16. The molecule has 1 saturated carbocycles. The number of methoxy groups -OCH3 is 1. The lowest BCUT2D eigenvalue weighted by atomic mass is 9.70. The average Bonchev–Trinajstić information content (AvgIpc) is 3.14. The Morgan fingerprint density at radius 2 is 1.96 bits per heavy atom. The molecule has 0 amide bonds. The monoisotopic (exact) mass is 342 g/mol. The van der Waals surface area contributed by atoms with Gasteiger partial charge in [0.25, 0.3) is 0 Å². The molecule has 4 heteroatoms. The largest absolute Gasteiger partial charge is 0.494 e. The number of benzene rings is 1. The van der Waals surface area contributed by atoms with Gasteiger partial charge in [-0.2, -0.15) is 5.26 Å². The molecule has 0 radical (unpaired) electrons. The second-order valence-corrected chi connectivity index (χ2v) is 7.43. The molecule has 1 heterocycles. The smallest absolute Gasteiger partial charge is 0.119 e. The Hall–Kier alpha value is -1.57. The minimum Gasteiger partial charge on any atom is -0.494 e. The van der Waals surface area contributed by atoms with E-state index in [1.807, 2.05) is 12.1 Å². The first kappa shape index (κ1) is 18.2. The molecule has 0 bridgehead atoms. The van der Waals surface area contributed by atoms with Gasteiger partial charge in [0.1, 0.15) is 5.75 Å². The highest BCUT2D eigenvalue weighted by Gasteiger charge is 2.33. The van der Waals surface area contributed by atoms with E-state index in [0.29, 0.717) is 6.10 Å². The van der Waals surface area contributed by atoms with Gasteiger partial charge in [-0.1, -0.05) is 31.4 Å². The van der Waals surface area contributed by atoms with Crippen LogP contribution in [0.3, 0.4) is 0 Å². The summed E-state index contributed by atoms with van der Waals surface area (Å²) >= 11 is 0. The van der Waals surface area contributed by atoms with Crippen LogP contribution in [0.2, 0.25) is 0 Å². The zero-order valence-corrected chi connectivity index (χ0v) is 15.4. The van der Waals surface area contributed by atoms with Crippen molar-refractivity contribution in [2.75, 3.05) is 33.4 Å². The lowest BCUT2D eigenvalue weighted by molar-refractivity contribution is 0.107. The van der Waals surface area contributed by atoms with Crippen molar-refractivity contribution in [2.45, 2.75) is 56.5 Å². The number of hydrogen-bond donors (Lipinski definition) is 0. The van der Waals surface area contributed by atoms with Gasteiger partial charge in [0, 0.05) is 26.7 Å². The number of ether oxygens (including phenoxy) is 2. The molecule has 3 rings (SSSR count). The van der Waals surface area contributed by atoms with E-state index < -0.39 is 0 Å². The van der Waals surface area contributed by atoms with E-state index in [1.165, 1.54) is 6.42 Å². The molecule has 2 aliphatic rings. The van der Waals surface area contributed by atoms with E-state index in [9.17, 15) is 5.26 Å². The van der Waals surface area contributed by atoms with Gasteiger partial charge >= 0.3 is 0 Å². The summed E-state index contributed by atoms with van der Waals surface area (Å²) < 4.78 is 11.3. The van der Waals surface area contributed by atoms with Crippen LogP contribution in [0.15, 0.2) is 24.3 Å². The quantitative estimate of drug-likeness (QED) is 0.705. The highest BCUT2D eigenvalue weighted by atomic mass is 16.5. The Labute approximate surface area is 151 Å². The fraction of sp³-hybridized carbons (Fsp3) is 0.667. The van der Waals surface area contributed by atoms with E-state index >= 15 is 0 Å². The fourth-order valence-corrected chi connectivity index (χ4v) is 4.16. The molecule has 1 aliphatic heterocycles. The highest BCUT2D eigenvalue weighted by molar-refractivity contribution is 5.37. The van der Waals surface area contributed by atoms with Crippen molar-refractivity contribution in [3.05, 3.63) is 29.8 Å². The number of rotatable bonds is 7. The molecule has 25 heavy (non-hydrogen) atoms. The summed E-state index contributed by atoms with van der Waals surface area (Å²) in [5.41, 5.74) is 0.884. The van der Waals surface area contributed by atoms with Crippen LogP contribution < -0.4 is 4.74 Å². The zero-order chi connectivity index (χ0) is 17.5. The molecule has 1 aromatic carbocycles. The number of hydrogen-bond acceptors (Lipinski definition) is 4. The first-order valence-electron chi connectivity index (χ1n) is 9.65. The van der Waals surface area contributed by atoms with Crippen molar-refractivity contribution in [1.29, 1.82) is 5.26 Å². The van der Waals surface area contributed by atoms with Crippen molar-refractivity contribution in [3.8, 4) is 11.8 Å². The molecule has 1 aliphatic carbocycles. The Balaban J connectivity index is 1.44. The SMILES string of the molecule is CO[C@H]1CCN(CCCOc2ccc(C3(C#N)CCCCC3)cc2)C1. The van der Waals surface area contributed by atoms with Crippen LogP contribution in [0.5, 0.6) is 5.75 Å². The van der Waals surface area contributed by atoms with Crippen LogP contribution in [-0.2, 0) is 10.2 Å². The maximum Gasteiger partial charge on any atom is 0.119 e. The van der Waals surface area contributed by atoms with Gasteiger partial charge in [0.15, 0.2) is 0 Å². The van der Waals surface area contributed by atoms with Crippen molar-refractivity contribution < 1.29 is 9.47 Å². The summed E-state index contributed by atoms with van der Waals surface area (Å²) in [5.74, 6) is 0.906. The van der Waals surface area contributed by atoms with Crippen LogP contribution in [0.4, 0.5) is 0 Å². The second-order valence-electron chi connectivity index (χ2n) is 7.43. The lowest BCUT2D eigenvalue weighted by Gasteiger charge is -2.31. The molecular formula is C21H30N2O2. The van der Waals surface area contributed by atoms with Gasteiger partial charge in [-0.15, -0.1) is 0 Å². The Kier molecular flexibility index (Phi) is 6.34. The Bertz CT molecular complexity index is 573. The molecule has 0 aromatic heterocycles. The van der Waals surface area contributed by atoms with E-state index in [2.05, 4.69) is 23.1 Å². The molecule has 1 saturated heterocycles. The van der Waals surface area contributed by atoms with Gasteiger partial charge in [-0.3, -0.25) is 0 Å². The average molecular weight is 342 g/mol. The second kappa shape index (κ2) is 8.69. The number of likely N-dealkylation sites (tertiary alicyclic amines) is 1. The predicted octanol–water partition coefficient (Wildman–Crippen LogP) is 3.90. The molecule has 4 nitrogen and oxygen atoms in total.